The molecule has 29 heavy (non-hydrogen) atoms. The van der Waals surface area contributed by atoms with E-state index in [1.807, 2.05) is 48.5 Å². The van der Waals surface area contributed by atoms with Crippen LogP contribution in [-0.4, -0.2) is 55.0 Å². The Hall–Kier alpha value is -3.22. The number of carbonyl (C=O) groups excluding carboxylic acids is 2. The molecule has 6 heteroatoms. The van der Waals surface area contributed by atoms with E-state index >= 15 is 0 Å². The van der Waals surface area contributed by atoms with Crippen molar-refractivity contribution in [2.45, 2.75) is 0 Å². The Bertz CT molecular complexity index is 928. The number of nitrogens with zero attached hydrogens (tertiary/aromatic N) is 2. The van der Waals surface area contributed by atoms with Crippen molar-refractivity contribution in [2.24, 2.45) is 0 Å². The van der Waals surface area contributed by atoms with E-state index in [1.54, 1.807) is 23.7 Å². The topological polar surface area (TPSA) is 72.9 Å². The molecule has 1 heterocycles. The van der Waals surface area contributed by atoms with Crippen LogP contribution in [0.15, 0.2) is 60.7 Å². The van der Waals surface area contributed by atoms with Gasteiger partial charge in [-0.2, -0.15) is 0 Å². The van der Waals surface area contributed by atoms with E-state index in [4.69, 9.17) is 5.21 Å². The van der Waals surface area contributed by atoms with Crippen LogP contribution in [0.3, 0.4) is 0 Å². The summed E-state index contributed by atoms with van der Waals surface area (Å²) in [5.74, 6) is -0.650. The quantitative estimate of drug-likeness (QED) is 0.343. The summed E-state index contributed by atoms with van der Waals surface area (Å²) in [5.41, 5.74) is 4.92. The van der Waals surface area contributed by atoms with Crippen LogP contribution in [0.4, 0.5) is 5.69 Å². The zero-order valence-corrected chi connectivity index (χ0v) is 16.4. The van der Waals surface area contributed by atoms with E-state index < -0.39 is 5.91 Å². The first-order valence-electron chi connectivity index (χ1n) is 9.53. The van der Waals surface area contributed by atoms with Crippen molar-refractivity contribution < 1.29 is 14.8 Å². The van der Waals surface area contributed by atoms with E-state index in [0.29, 0.717) is 5.56 Å². The Kier molecular flexibility index (Phi) is 6.94. The van der Waals surface area contributed by atoms with E-state index in [0.717, 1.165) is 43.0 Å². The number of likely N-dealkylation sites (N-methyl/N-ethyl adjacent to an activating group) is 1. The Morgan fingerprint density at radius 2 is 1.59 bits per heavy atom. The third-order valence-electron chi connectivity index (χ3n) is 4.87. The summed E-state index contributed by atoms with van der Waals surface area (Å²) in [4.78, 5) is 28.3. The van der Waals surface area contributed by atoms with Gasteiger partial charge in [-0.05, 0) is 48.5 Å². The number of carbonyl (C=O) groups is 2. The lowest BCUT2D eigenvalue weighted by atomic mass is 10.1. The second-order valence-corrected chi connectivity index (χ2v) is 7.02. The van der Waals surface area contributed by atoms with Gasteiger partial charge in [-0.15, -0.1) is 0 Å². The molecule has 0 aromatic heterocycles. The molecule has 2 N–H and O–H groups in total. The normalized spacial score (nSPS) is 15.2. The van der Waals surface area contributed by atoms with Crippen LogP contribution in [-0.2, 0) is 4.79 Å². The maximum Gasteiger partial charge on any atom is 0.267 e. The van der Waals surface area contributed by atoms with Crippen molar-refractivity contribution in [2.75, 3.05) is 38.1 Å². The minimum absolute atomic E-state index is 0.0541. The number of ketones is 1. The molecule has 1 aliphatic heterocycles. The van der Waals surface area contributed by atoms with Gasteiger partial charge >= 0.3 is 0 Å². The summed E-state index contributed by atoms with van der Waals surface area (Å²) in [7, 11) is 2.12. The smallest absolute Gasteiger partial charge is 0.267 e. The summed E-state index contributed by atoms with van der Waals surface area (Å²) >= 11 is 0. The maximum absolute atomic E-state index is 12.6. The minimum Gasteiger partial charge on any atom is -0.369 e. The molecule has 0 unspecified atom stereocenters. The van der Waals surface area contributed by atoms with E-state index in [1.165, 1.54) is 6.08 Å². The van der Waals surface area contributed by atoms with Crippen LogP contribution in [0, 0.1) is 0 Å². The Balaban J connectivity index is 1.69. The molecule has 2 aromatic rings. The molecule has 6 nitrogen and oxygen atoms in total. The van der Waals surface area contributed by atoms with Gasteiger partial charge in [-0.3, -0.25) is 14.8 Å². The highest BCUT2D eigenvalue weighted by atomic mass is 16.5. The summed E-state index contributed by atoms with van der Waals surface area (Å²) in [5, 5.41) is 8.53. The highest BCUT2D eigenvalue weighted by Crippen LogP contribution is 2.19. The molecule has 0 radical (unpaired) electrons. The van der Waals surface area contributed by atoms with Gasteiger partial charge in [0, 0.05) is 43.5 Å². The van der Waals surface area contributed by atoms with Gasteiger partial charge in [0.25, 0.3) is 5.91 Å². The number of nitrogens with one attached hydrogen (secondary N) is 1. The van der Waals surface area contributed by atoms with Crippen LogP contribution >= 0.6 is 0 Å². The van der Waals surface area contributed by atoms with E-state index in [-0.39, 0.29) is 5.78 Å². The fraction of sp³-hybridized carbons (Fsp3) is 0.217. The van der Waals surface area contributed by atoms with Crippen molar-refractivity contribution in [3.05, 3.63) is 77.4 Å². The molecule has 2 aromatic carbocycles. The number of rotatable bonds is 6. The van der Waals surface area contributed by atoms with Crippen LogP contribution in [0.2, 0.25) is 0 Å². The molecular formula is C23H25N3O3. The molecule has 0 atom stereocenters. The second kappa shape index (κ2) is 9.82. The number of anilines is 1. The lowest BCUT2D eigenvalue weighted by molar-refractivity contribution is -0.124. The van der Waals surface area contributed by atoms with E-state index in [9.17, 15) is 9.59 Å². The zero-order valence-electron chi connectivity index (χ0n) is 16.4. The highest BCUT2D eigenvalue weighted by Gasteiger charge is 2.15. The standard InChI is InChI=1S/C23H25N3O3/c1-25-12-14-26(15-13-25)21-7-3-6-20(17-21)22(27)10-8-18-4-2-5-19(16-18)9-11-23(28)24-29/h2-11,16-17,29H,12-15H2,1H3,(H,24,28). The number of hydrogen-bond donors (Lipinski definition) is 2. The molecule has 150 valence electrons. The monoisotopic (exact) mass is 391 g/mol. The van der Waals surface area contributed by atoms with Gasteiger partial charge < -0.3 is 9.80 Å². The minimum atomic E-state index is -0.596. The maximum atomic E-state index is 12.6. The average Bonchev–Trinajstić information content (AvgIpc) is 2.76. The predicted molar refractivity (Wildman–Crippen MR) is 115 cm³/mol. The SMILES string of the molecule is CN1CCN(c2cccc(C(=O)C=Cc3cccc(C=CC(=O)NO)c3)c2)CC1. The lowest BCUT2D eigenvalue weighted by Crippen LogP contribution is -2.44. The van der Waals surface area contributed by atoms with Gasteiger partial charge in [0.15, 0.2) is 5.78 Å². The molecule has 1 fully saturated rings. The van der Waals surface area contributed by atoms with Gasteiger partial charge in [0.1, 0.15) is 0 Å². The Morgan fingerprint density at radius 1 is 0.931 bits per heavy atom. The first kappa shape index (κ1) is 20.5. The summed E-state index contributed by atoms with van der Waals surface area (Å²) in [6.45, 7) is 3.95. The first-order chi connectivity index (χ1) is 14.0. The fourth-order valence-corrected chi connectivity index (χ4v) is 3.16. The molecule has 1 amide bonds. The number of piperazine rings is 1. The molecule has 0 spiro atoms. The molecule has 0 saturated carbocycles. The second-order valence-electron chi connectivity index (χ2n) is 7.02. The van der Waals surface area contributed by atoms with E-state index in [2.05, 4.69) is 16.8 Å². The van der Waals surface area contributed by atoms with Gasteiger partial charge in [-0.25, -0.2) is 5.48 Å². The Labute approximate surface area is 170 Å². The number of hydroxylamine groups is 1. The van der Waals surface area contributed by atoms with Gasteiger partial charge in [-0.1, -0.05) is 36.4 Å². The molecule has 0 aliphatic carbocycles. The third kappa shape index (κ3) is 5.88. The van der Waals surface area contributed by atoms with Crippen LogP contribution in [0.5, 0.6) is 0 Å². The number of hydrogen-bond acceptors (Lipinski definition) is 5. The van der Waals surface area contributed by atoms with Crippen LogP contribution in [0.25, 0.3) is 12.2 Å². The van der Waals surface area contributed by atoms with Gasteiger partial charge in [0.05, 0.1) is 0 Å². The van der Waals surface area contributed by atoms with Crippen molar-refractivity contribution in [3.63, 3.8) is 0 Å². The van der Waals surface area contributed by atoms with Crippen molar-refractivity contribution in [3.8, 4) is 0 Å². The average molecular weight is 391 g/mol. The molecule has 3 rings (SSSR count). The summed E-state index contributed by atoms with van der Waals surface area (Å²) in [6, 6.07) is 15.2. The molecular weight excluding hydrogens is 366 g/mol. The molecule has 1 saturated heterocycles. The summed E-state index contributed by atoms with van der Waals surface area (Å²) < 4.78 is 0. The lowest BCUT2D eigenvalue weighted by Gasteiger charge is -2.34. The van der Waals surface area contributed by atoms with Crippen molar-refractivity contribution >= 4 is 29.5 Å². The Morgan fingerprint density at radius 3 is 2.28 bits per heavy atom. The zero-order chi connectivity index (χ0) is 20.6. The van der Waals surface area contributed by atoms with Crippen LogP contribution < -0.4 is 10.4 Å². The van der Waals surface area contributed by atoms with Crippen molar-refractivity contribution in [1.29, 1.82) is 0 Å². The molecule has 0 bridgehead atoms. The van der Waals surface area contributed by atoms with Gasteiger partial charge in [0.2, 0.25) is 0 Å². The fourth-order valence-electron chi connectivity index (χ4n) is 3.16. The van der Waals surface area contributed by atoms with Crippen molar-refractivity contribution in [1.82, 2.24) is 10.4 Å². The first-order valence-corrected chi connectivity index (χ1v) is 9.53. The number of benzene rings is 2. The largest absolute Gasteiger partial charge is 0.369 e. The predicted octanol–water partition coefficient (Wildman–Crippen LogP) is 2.85. The van der Waals surface area contributed by atoms with Crippen LogP contribution in [0.1, 0.15) is 21.5 Å². The third-order valence-corrected chi connectivity index (χ3v) is 4.87. The summed E-state index contributed by atoms with van der Waals surface area (Å²) in [6.07, 6.45) is 6.14. The molecule has 1 aliphatic rings. The number of amides is 1. The number of allylic oxidation sites excluding steroid dienone is 1. The highest BCUT2D eigenvalue weighted by molar-refractivity contribution is 6.07.